The summed E-state index contributed by atoms with van der Waals surface area (Å²) in [6, 6.07) is 3.73. The van der Waals surface area contributed by atoms with Crippen molar-refractivity contribution in [2.24, 2.45) is 0 Å². The van der Waals surface area contributed by atoms with E-state index >= 15 is 0 Å². The molecule has 2 rings (SSSR count). The summed E-state index contributed by atoms with van der Waals surface area (Å²) >= 11 is 2.33. The fourth-order valence-corrected chi connectivity index (χ4v) is 3.21. The van der Waals surface area contributed by atoms with Crippen molar-refractivity contribution in [1.82, 2.24) is 4.90 Å². The lowest BCUT2D eigenvalue weighted by Crippen LogP contribution is -2.34. The number of rotatable bonds is 6. The molecule has 0 bridgehead atoms. The second kappa shape index (κ2) is 7.42. The molecule has 2 amide bonds. The van der Waals surface area contributed by atoms with Crippen LogP contribution in [0.25, 0.3) is 6.08 Å². The number of amides is 2. The van der Waals surface area contributed by atoms with Crippen molar-refractivity contribution in [3.63, 3.8) is 0 Å². The van der Waals surface area contributed by atoms with Crippen molar-refractivity contribution in [1.29, 1.82) is 0 Å². The van der Waals surface area contributed by atoms with Gasteiger partial charge < -0.3 is 4.74 Å². The Hall–Kier alpha value is -1.60. The van der Waals surface area contributed by atoms with Gasteiger partial charge in [0.25, 0.3) is 11.1 Å². The maximum Gasteiger partial charge on any atom is 0.326 e. The van der Waals surface area contributed by atoms with Gasteiger partial charge in [-0.05, 0) is 35.7 Å². The number of esters is 1. The average Bonchev–Trinajstić information content (AvgIpc) is 3.04. The fraction of sp³-hybridized carbons (Fsp3) is 0.357. The molecular formula is C14H15NO4S2. The molecule has 0 aromatic carbocycles. The lowest BCUT2D eigenvalue weighted by molar-refractivity contribution is -0.146. The van der Waals surface area contributed by atoms with Crippen molar-refractivity contribution in [3.8, 4) is 0 Å². The molecule has 1 aromatic heterocycles. The molecule has 0 N–H and O–H groups in total. The highest BCUT2D eigenvalue weighted by Crippen LogP contribution is 2.32. The molecule has 1 fully saturated rings. The van der Waals surface area contributed by atoms with Crippen LogP contribution in [0, 0.1) is 0 Å². The van der Waals surface area contributed by atoms with Gasteiger partial charge in [-0.1, -0.05) is 19.4 Å². The van der Waals surface area contributed by atoms with Gasteiger partial charge >= 0.3 is 5.97 Å². The van der Waals surface area contributed by atoms with E-state index in [2.05, 4.69) is 0 Å². The third kappa shape index (κ3) is 4.18. The average molecular weight is 325 g/mol. The van der Waals surface area contributed by atoms with Gasteiger partial charge in [-0.2, -0.15) is 0 Å². The first-order valence-corrected chi connectivity index (χ1v) is 8.26. The van der Waals surface area contributed by atoms with E-state index in [1.807, 2.05) is 24.4 Å². The van der Waals surface area contributed by atoms with Crippen LogP contribution < -0.4 is 0 Å². The Labute approximate surface area is 131 Å². The van der Waals surface area contributed by atoms with Crippen LogP contribution in [0.3, 0.4) is 0 Å². The first-order chi connectivity index (χ1) is 10.1. The lowest BCUT2D eigenvalue weighted by atomic mass is 10.3. The number of hydrogen-bond donors (Lipinski definition) is 0. The number of nitrogens with zero attached hydrogens (tertiary/aromatic N) is 1. The molecule has 112 valence electrons. The van der Waals surface area contributed by atoms with Crippen LogP contribution in [0.4, 0.5) is 4.79 Å². The molecule has 5 nitrogen and oxygen atoms in total. The minimum absolute atomic E-state index is 0.316. The summed E-state index contributed by atoms with van der Waals surface area (Å²) in [5.74, 6) is -0.992. The SMILES string of the molecule is CCCCOC(=O)CN1C(=O)S/C(=C/c2cccs2)C1=O. The van der Waals surface area contributed by atoms with Crippen molar-refractivity contribution in [3.05, 3.63) is 27.3 Å². The van der Waals surface area contributed by atoms with Gasteiger partial charge in [0.15, 0.2) is 0 Å². The second-order valence-electron chi connectivity index (χ2n) is 4.36. The Morgan fingerprint density at radius 2 is 2.24 bits per heavy atom. The summed E-state index contributed by atoms with van der Waals surface area (Å²) in [6.07, 6.45) is 3.35. The van der Waals surface area contributed by atoms with Crippen molar-refractivity contribution in [2.75, 3.05) is 13.2 Å². The Morgan fingerprint density at radius 3 is 2.90 bits per heavy atom. The first kappa shape index (κ1) is 15.8. The molecule has 1 saturated heterocycles. The summed E-state index contributed by atoms with van der Waals surface area (Å²) in [5.41, 5.74) is 0. The highest BCUT2D eigenvalue weighted by molar-refractivity contribution is 8.18. The molecule has 0 radical (unpaired) electrons. The normalized spacial score (nSPS) is 16.8. The molecular weight excluding hydrogens is 310 g/mol. The van der Waals surface area contributed by atoms with E-state index in [-0.39, 0.29) is 6.54 Å². The molecule has 7 heteroatoms. The molecule has 1 aromatic rings. The molecule has 0 aliphatic carbocycles. The summed E-state index contributed by atoms with van der Waals surface area (Å²) in [4.78, 5) is 37.7. The minimum atomic E-state index is -0.553. The van der Waals surface area contributed by atoms with Crippen molar-refractivity contribution < 1.29 is 19.1 Å². The zero-order valence-corrected chi connectivity index (χ0v) is 13.2. The standard InChI is InChI=1S/C14H15NO4S2/c1-2-3-6-19-12(16)9-15-13(17)11(21-14(15)18)8-10-5-4-7-20-10/h4-5,7-8H,2-3,6,9H2,1H3/b11-8+. The van der Waals surface area contributed by atoms with E-state index in [1.54, 1.807) is 6.08 Å². The Bertz CT molecular complexity index is 566. The third-order valence-corrected chi connectivity index (χ3v) is 4.46. The number of unbranched alkanes of at least 4 members (excludes halogenated alkanes) is 1. The van der Waals surface area contributed by atoms with Crippen molar-refractivity contribution >= 4 is 46.3 Å². The number of carbonyl (C=O) groups excluding carboxylic acids is 3. The van der Waals surface area contributed by atoms with Crippen LogP contribution in [0.2, 0.25) is 0 Å². The number of thiophene rings is 1. The molecule has 0 unspecified atom stereocenters. The predicted molar refractivity (Wildman–Crippen MR) is 82.9 cm³/mol. The van der Waals surface area contributed by atoms with Crippen LogP contribution in [0.1, 0.15) is 24.6 Å². The maximum atomic E-state index is 12.1. The summed E-state index contributed by atoms with van der Waals surface area (Å²) in [5, 5.41) is 1.46. The summed E-state index contributed by atoms with van der Waals surface area (Å²) in [7, 11) is 0. The zero-order valence-electron chi connectivity index (χ0n) is 11.5. The van der Waals surface area contributed by atoms with Gasteiger partial charge in [0, 0.05) is 4.88 Å². The number of thioether (sulfide) groups is 1. The zero-order chi connectivity index (χ0) is 15.2. The Balaban J connectivity index is 1.97. The predicted octanol–water partition coefficient (Wildman–Crippen LogP) is 3.13. The summed E-state index contributed by atoms with van der Waals surface area (Å²) in [6.45, 7) is 1.98. The second-order valence-corrected chi connectivity index (χ2v) is 6.33. The molecule has 0 saturated carbocycles. The first-order valence-electron chi connectivity index (χ1n) is 6.56. The van der Waals surface area contributed by atoms with E-state index in [0.29, 0.717) is 11.5 Å². The van der Waals surface area contributed by atoms with E-state index in [1.165, 1.54) is 11.3 Å². The number of hydrogen-bond acceptors (Lipinski definition) is 6. The van der Waals surface area contributed by atoms with Crippen LogP contribution in [-0.2, 0) is 14.3 Å². The van der Waals surface area contributed by atoms with E-state index < -0.39 is 17.1 Å². The highest BCUT2D eigenvalue weighted by atomic mass is 32.2. The maximum absolute atomic E-state index is 12.1. The molecule has 0 atom stereocenters. The summed E-state index contributed by atoms with van der Waals surface area (Å²) < 4.78 is 4.97. The van der Waals surface area contributed by atoms with Gasteiger partial charge in [-0.25, -0.2) is 0 Å². The molecule has 1 aliphatic heterocycles. The Morgan fingerprint density at radius 1 is 1.43 bits per heavy atom. The minimum Gasteiger partial charge on any atom is -0.464 e. The van der Waals surface area contributed by atoms with Gasteiger partial charge in [-0.15, -0.1) is 11.3 Å². The largest absolute Gasteiger partial charge is 0.464 e. The smallest absolute Gasteiger partial charge is 0.326 e. The Kier molecular flexibility index (Phi) is 5.58. The van der Waals surface area contributed by atoms with Crippen LogP contribution in [0.15, 0.2) is 22.4 Å². The van der Waals surface area contributed by atoms with Crippen LogP contribution in [-0.4, -0.2) is 35.2 Å². The van der Waals surface area contributed by atoms with Gasteiger partial charge in [0.2, 0.25) is 0 Å². The van der Waals surface area contributed by atoms with Crippen LogP contribution >= 0.6 is 23.1 Å². The van der Waals surface area contributed by atoms with E-state index in [9.17, 15) is 14.4 Å². The highest BCUT2D eigenvalue weighted by Gasteiger charge is 2.36. The van der Waals surface area contributed by atoms with Gasteiger partial charge in [0.05, 0.1) is 11.5 Å². The van der Waals surface area contributed by atoms with Crippen LogP contribution in [0.5, 0.6) is 0 Å². The molecule has 2 heterocycles. The quantitative estimate of drug-likeness (QED) is 0.457. The number of imide groups is 1. The third-order valence-electron chi connectivity index (χ3n) is 2.74. The molecule has 1 aliphatic rings. The fourth-order valence-electron chi connectivity index (χ4n) is 1.64. The monoisotopic (exact) mass is 325 g/mol. The number of ether oxygens (including phenoxy) is 1. The van der Waals surface area contributed by atoms with Gasteiger partial charge in [0.1, 0.15) is 6.54 Å². The van der Waals surface area contributed by atoms with E-state index in [0.717, 1.165) is 34.4 Å². The van der Waals surface area contributed by atoms with Gasteiger partial charge in [-0.3, -0.25) is 19.3 Å². The van der Waals surface area contributed by atoms with Crippen molar-refractivity contribution in [2.45, 2.75) is 19.8 Å². The van der Waals surface area contributed by atoms with E-state index in [4.69, 9.17) is 4.74 Å². The lowest BCUT2D eigenvalue weighted by Gasteiger charge is -2.11. The molecule has 0 spiro atoms. The topological polar surface area (TPSA) is 63.7 Å². The molecule has 21 heavy (non-hydrogen) atoms. The number of carbonyl (C=O) groups is 3.